The van der Waals surface area contributed by atoms with Gasteiger partial charge in [0.25, 0.3) is 0 Å². The third kappa shape index (κ3) is 4.87. The van der Waals surface area contributed by atoms with Crippen molar-refractivity contribution in [2.45, 2.75) is 50.5 Å². The van der Waals surface area contributed by atoms with Gasteiger partial charge < -0.3 is 14.4 Å². The average molecular weight is 609 g/mol. The van der Waals surface area contributed by atoms with Crippen LogP contribution in [-0.2, 0) is 26.4 Å². The lowest BCUT2D eigenvalue weighted by molar-refractivity contribution is -0.124. The van der Waals surface area contributed by atoms with Crippen molar-refractivity contribution in [3.8, 4) is 5.88 Å². The van der Waals surface area contributed by atoms with Crippen LogP contribution in [0.5, 0.6) is 5.88 Å². The first kappa shape index (κ1) is 29.7. The van der Waals surface area contributed by atoms with Crippen LogP contribution in [0.4, 0.5) is 0 Å². The van der Waals surface area contributed by atoms with Gasteiger partial charge in [-0.15, -0.1) is 5.10 Å². The van der Waals surface area contributed by atoms with Gasteiger partial charge in [-0.05, 0) is 23.6 Å². The minimum atomic E-state index is -4.13. The predicted molar refractivity (Wildman–Crippen MR) is 160 cm³/mol. The summed E-state index contributed by atoms with van der Waals surface area (Å²) in [6.07, 6.45) is -1.59. The van der Waals surface area contributed by atoms with Crippen molar-refractivity contribution < 1.29 is 22.7 Å². The molecular weight excluding hydrogens is 576 g/mol. The third-order valence-corrected chi connectivity index (χ3v) is 10.2. The fraction of sp³-hybridized carbons (Fsp3) is 0.367. The van der Waals surface area contributed by atoms with Crippen molar-refractivity contribution in [3.05, 3.63) is 99.2 Å². The molecule has 1 saturated heterocycles. The zero-order chi connectivity index (χ0) is 30.6. The van der Waals surface area contributed by atoms with Crippen LogP contribution in [0.2, 0.25) is 0 Å². The number of Topliss-reactive ketones (excluding diaryl/α,β-unsaturated/α-hetero) is 1. The molecule has 1 fully saturated rings. The number of sulfone groups is 1. The molecule has 0 saturated carbocycles. The summed E-state index contributed by atoms with van der Waals surface area (Å²) < 4.78 is 40.9. The van der Waals surface area contributed by atoms with E-state index >= 15 is 0 Å². The van der Waals surface area contributed by atoms with Crippen molar-refractivity contribution in [1.82, 2.24) is 19.7 Å². The van der Waals surface area contributed by atoms with Crippen LogP contribution < -0.4 is 10.3 Å². The summed E-state index contributed by atoms with van der Waals surface area (Å²) >= 11 is 5.47. The maximum atomic E-state index is 14.1. The summed E-state index contributed by atoms with van der Waals surface area (Å²) in [5.41, 5.74) is 0.312. The number of fused-ring (bicyclic) bond motifs is 1. The SMILES string of the molecule is CO[C@H]1C(=S)N2C(C(=O)C(C)(C)C)=C(C)C(c3nc(=O)c(OC(c4ccccc4)c4ccccc4)nn3C)S(=O)(=O)[C@H]12. The van der Waals surface area contributed by atoms with E-state index in [0.717, 1.165) is 11.1 Å². The molecule has 3 aromatic rings. The van der Waals surface area contributed by atoms with E-state index in [1.807, 2.05) is 60.7 Å². The molecule has 10 nitrogen and oxygen atoms in total. The van der Waals surface area contributed by atoms with Gasteiger partial charge in [-0.1, -0.05) is 93.7 Å². The number of allylic oxidation sites excluding steroid dienone is 1. The van der Waals surface area contributed by atoms with Crippen LogP contribution in [0.1, 0.15) is 56.0 Å². The standard InChI is InChI=1S/C30H32N4O6S2/c1-17-20(24(35)30(2,3)4)34-28(41)22(39-6)29(34)42(37,38)23(17)25-31-26(36)27(32-33(25)5)40-21(18-13-9-7-10-14-18)19-15-11-8-12-16-19/h7-16,21-23,29H,1-6H3/t22-,23?,29+/m0/s1. The van der Waals surface area contributed by atoms with E-state index in [1.54, 1.807) is 27.7 Å². The van der Waals surface area contributed by atoms with E-state index in [2.05, 4.69) is 10.1 Å². The molecule has 5 rings (SSSR count). The normalized spacial score (nSPS) is 21.6. The number of carbonyl (C=O) groups excluding carboxylic acids is 1. The quantitative estimate of drug-likeness (QED) is 0.367. The van der Waals surface area contributed by atoms with Crippen LogP contribution in [0.3, 0.4) is 0 Å². The Morgan fingerprint density at radius 3 is 2.07 bits per heavy atom. The summed E-state index contributed by atoms with van der Waals surface area (Å²) in [4.78, 5) is 32.8. The van der Waals surface area contributed by atoms with Crippen LogP contribution in [-0.4, -0.2) is 57.4 Å². The van der Waals surface area contributed by atoms with Crippen molar-refractivity contribution in [2.75, 3.05) is 7.11 Å². The molecule has 0 aliphatic carbocycles. The molecular formula is C30H32N4O6S2. The molecule has 1 unspecified atom stereocenters. The molecule has 0 spiro atoms. The van der Waals surface area contributed by atoms with E-state index in [0.29, 0.717) is 0 Å². The Hall–Kier alpha value is -3.74. The number of nitrogens with zero attached hydrogens (tertiary/aromatic N) is 4. The molecule has 1 aromatic heterocycles. The molecule has 3 atom stereocenters. The maximum absolute atomic E-state index is 14.1. The van der Waals surface area contributed by atoms with Gasteiger partial charge >= 0.3 is 11.4 Å². The fourth-order valence-corrected chi connectivity index (χ4v) is 8.41. The number of hydrogen-bond donors (Lipinski definition) is 0. The second kappa shape index (κ2) is 10.8. The fourth-order valence-electron chi connectivity index (χ4n) is 5.35. The van der Waals surface area contributed by atoms with Crippen LogP contribution in [0.15, 0.2) is 76.7 Å². The summed E-state index contributed by atoms with van der Waals surface area (Å²) in [5, 5.41) is 1.68. The lowest BCUT2D eigenvalue weighted by atomic mass is 9.85. The molecule has 0 bridgehead atoms. The number of ether oxygens (including phenoxy) is 2. The first-order chi connectivity index (χ1) is 19.8. The Kier molecular flexibility index (Phi) is 7.67. The third-order valence-electron chi connectivity index (χ3n) is 7.46. The highest BCUT2D eigenvalue weighted by Gasteiger charge is 2.62. The van der Waals surface area contributed by atoms with E-state index in [1.165, 1.54) is 23.7 Å². The molecule has 2 aromatic carbocycles. The van der Waals surface area contributed by atoms with Gasteiger partial charge in [-0.3, -0.25) is 9.59 Å². The minimum absolute atomic E-state index is 0.132. The molecule has 0 N–H and O–H groups in total. The molecule has 0 radical (unpaired) electrons. The Morgan fingerprint density at radius 1 is 1.02 bits per heavy atom. The zero-order valence-electron chi connectivity index (χ0n) is 24.1. The molecule has 2 aliphatic rings. The second-order valence-corrected chi connectivity index (χ2v) is 13.9. The van der Waals surface area contributed by atoms with Crippen molar-refractivity contribution >= 4 is 32.8 Å². The van der Waals surface area contributed by atoms with Crippen molar-refractivity contribution in [3.63, 3.8) is 0 Å². The number of rotatable bonds is 7. The average Bonchev–Trinajstić information content (AvgIpc) is 2.94. The van der Waals surface area contributed by atoms with Crippen molar-refractivity contribution in [2.24, 2.45) is 12.5 Å². The summed E-state index contributed by atoms with van der Waals surface area (Å²) in [6, 6.07) is 18.7. The molecule has 12 heteroatoms. The highest BCUT2D eigenvalue weighted by molar-refractivity contribution is 7.93. The van der Waals surface area contributed by atoms with Crippen LogP contribution >= 0.6 is 12.2 Å². The molecule has 42 heavy (non-hydrogen) atoms. The number of aromatic nitrogens is 3. The Balaban J connectivity index is 1.63. The highest BCUT2D eigenvalue weighted by Crippen LogP contribution is 2.48. The Morgan fingerprint density at radius 2 is 1.57 bits per heavy atom. The first-order valence-electron chi connectivity index (χ1n) is 13.3. The van der Waals surface area contributed by atoms with E-state index in [-0.39, 0.29) is 33.7 Å². The predicted octanol–water partition coefficient (Wildman–Crippen LogP) is 3.69. The largest absolute Gasteiger partial charge is 0.460 e. The lowest BCUT2D eigenvalue weighted by Crippen LogP contribution is -2.70. The lowest BCUT2D eigenvalue weighted by Gasteiger charge is -2.53. The van der Waals surface area contributed by atoms with E-state index < -0.39 is 43.6 Å². The van der Waals surface area contributed by atoms with Gasteiger partial charge in [0.2, 0.25) is 0 Å². The number of carbonyl (C=O) groups is 1. The number of methoxy groups -OCH3 is 1. The minimum Gasteiger partial charge on any atom is -0.460 e. The van der Waals surface area contributed by atoms with Gasteiger partial charge in [-0.2, -0.15) is 4.98 Å². The highest BCUT2D eigenvalue weighted by atomic mass is 32.2. The van der Waals surface area contributed by atoms with Gasteiger partial charge in [0.1, 0.15) is 16.3 Å². The smallest absolute Gasteiger partial charge is 0.335 e. The molecule has 3 heterocycles. The summed E-state index contributed by atoms with van der Waals surface area (Å²) in [6.45, 7) is 6.79. The van der Waals surface area contributed by atoms with Gasteiger partial charge in [-0.25, -0.2) is 13.1 Å². The topological polar surface area (TPSA) is 121 Å². The monoisotopic (exact) mass is 608 g/mol. The molecule has 2 aliphatic heterocycles. The van der Waals surface area contributed by atoms with Gasteiger partial charge in [0.15, 0.2) is 32.9 Å². The first-order valence-corrected chi connectivity index (χ1v) is 15.4. The van der Waals surface area contributed by atoms with E-state index in [9.17, 15) is 18.0 Å². The summed E-state index contributed by atoms with van der Waals surface area (Å²) in [5.74, 6) is -0.707. The Bertz CT molecular complexity index is 1710. The number of benzene rings is 2. The number of ketones is 1. The maximum Gasteiger partial charge on any atom is 0.335 e. The number of aryl methyl sites for hydroxylation is 1. The Labute approximate surface area is 249 Å². The molecule has 0 amide bonds. The number of thiocarbonyl (C=S) groups is 1. The van der Waals surface area contributed by atoms with Crippen LogP contribution in [0, 0.1) is 5.41 Å². The second-order valence-electron chi connectivity index (χ2n) is 11.4. The van der Waals surface area contributed by atoms with E-state index in [4.69, 9.17) is 21.7 Å². The molecule has 220 valence electrons. The van der Waals surface area contributed by atoms with Gasteiger partial charge in [0.05, 0.1) is 5.70 Å². The van der Waals surface area contributed by atoms with Crippen molar-refractivity contribution in [1.29, 1.82) is 0 Å². The number of hydrogen-bond acceptors (Lipinski definition) is 9. The van der Waals surface area contributed by atoms with Gasteiger partial charge in [0, 0.05) is 19.6 Å². The zero-order valence-corrected chi connectivity index (χ0v) is 25.8. The summed E-state index contributed by atoms with van der Waals surface area (Å²) in [7, 11) is -1.27. The van der Waals surface area contributed by atoms with Crippen LogP contribution in [0.25, 0.3) is 0 Å².